The van der Waals surface area contributed by atoms with Gasteiger partial charge < -0.3 is 20.5 Å². The van der Waals surface area contributed by atoms with Crippen molar-refractivity contribution in [3.05, 3.63) is 65.7 Å². The number of nitrogens with one attached hydrogen (secondary N) is 3. The molecule has 2 heterocycles. The molecular formula is C23H25BrF3IN4O3. The zero-order valence-corrected chi connectivity index (χ0v) is 22.9. The van der Waals surface area contributed by atoms with Gasteiger partial charge in [-0.25, -0.2) is 0 Å². The van der Waals surface area contributed by atoms with Gasteiger partial charge in [-0.1, -0.05) is 22.5 Å². The SMILES string of the molecule is C=C(Br)/C=C(I)\C(N[C@H]1CN(C(=O)c2cc(C)[nH]c(=O)c2)CC12CC2)=C(/C)C(=O)NCC(F)(F)F. The average Bonchev–Trinajstić information content (AvgIpc) is 3.42. The minimum atomic E-state index is -4.53. The summed E-state index contributed by atoms with van der Waals surface area (Å²) in [6, 6.07) is 2.66. The Morgan fingerprint density at radius 3 is 2.57 bits per heavy atom. The molecule has 2 amide bonds. The number of pyridine rings is 1. The normalized spacial score (nSPS) is 19.9. The molecule has 0 radical (unpaired) electrons. The molecular weight excluding hydrogens is 644 g/mol. The summed E-state index contributed by atoms with van der Waals surface area (Å²) >= 11 is 5.24. The molecule has 190 valence electrons. The van der Waals surface area contributed by atoms with Gasteiger partial charge >= 0.3 is 6.18 Å². The van der Waals surface area contributed by atoms with Crippen LogP contribution in [0.15, 0.2) is 48.9 Å². The minimum Gasteiger partial charge on any atom is -0.379 e. The van der Waals surface area contributed by atoms with E-state index in [0.29, 0.717) is 38.1 Å². The first-order valence-electron chi connectivity index (χ1n) is 10.8. The smallest absolute Gasteiger partial charge is 0.379 e. The Kier molecular flexibility index (Phi) is 8.24. The molecule has 1 atom stereocenters. The number of allylic oxidation sites excluding steroid dienone is 3. The first-order chi connectivity index (χ1) is 16.2. The third kappa shape index (κ3) is 6.99. The molecule has 0 aromatic carbocycles. The van der Waals surface area contributed by atoms with Crippen LogP contribution in [0.25, 0.3) is 0 Å². The fraction of sp³-hybridized carbons (Fsp3) is 0.435. The lowest BCUT2D eigenvalue weighted by atomic mass is 10.00. The highest BCUT2D eigenvalue weighted by Gasteiger charge is 2.56. The highest BCUT2D eigenvalue weighted by molar-refractivity contribution is 14.1. The van der Waals surface area contributed by atoms with Gasteiger partial charge in [-0.3, -0.25) is 14.4 Å². The van der Waals surface area contributed by atoms with Crippen LogP contribution in [0.3, 0.4) is 0 Å². The number of carbonyl (C=O) groups is 2. The van der Waals surface area contributed by atoms with Crippen LogP contribution in [-0.4, -0.2) is 53.6 Å². The van der Waals surface area contributed by atoms with Gasteiger partial charge in [0.25, 0.3) is 5.91 Å². The fourth-order valence-corrected chi connectivity index (χ4v) is 5.74. The number of rotatable bonds is 7. The standard InChI is InChI=1S/C23H25BrF3IN4O3/c1-12(24)6-16(28)19(14(3)20(34)29-10-23(25,26)27)31-17-9-32(11-22(17)4-5-22)21(35)15-7-13(2)30-18(33)8-15/h6-8,17,31H,1,4-5,9-11H2,2-3H3,(H,29,34)(H,30,33)/b16-6+,19-14-/t17-/m0/s1. The average molecular weight is 669 g/mol. The van der Waals surface area contributed by atoms with Crippen LogP contribution in [0.1, 0.15) is 35.8 Å². The lowest BCUT2D eigenvalue weighted by Crippen LogP contribution is -2.40. The number of halogens is 5. The molecule has 2 aliphatic rings. The Morgan fingerprint density at radius 2 is 2.03 bits per heavy atom. The summed E-state index contributed by atoms with van der Waals surface area (Å²) in [5.74, 6) is -1.11. The van der Waals surface area contributed by atoms with Gasteiger partial charge in [-0.05, 0) is 61.4 Å². The fourth-order valence-electron chi connectivity index (χ4n) is 4.15. The van der Waals surface area contributed by atoms with Crippen molar-refractivity contribution in [2.45, 2.75) is 38.9 Å². The van der Waals surface area contributed by atoms with Crippen molar-refractivity contribution >= 4 is 50.3 Å². The Morgan fingerprint density at radius 1 is 1.37 bits per heavy atom. The number of aromatic amines is 1. The Labute approximate surface area is 222 Å². The first-order valence-corrected chi connectivity index (χ1v) is 12.6. The molecule has 1 aromatic rings. The number of likely N-dealkylation sites (tertiary alicyclic amines) is 1. The second-order valence-electron chi connectivity index (χ2n) is 8.90. The third-order valence-corrected chi connectivity index (χ3v) is 7.14. The monoisotopic (exact) mass is 668 g/mol. The van der Waals surface area contributed by atoms with Gasteiger partial charge in [-0.15, -0.1) is 0 Å². The number of amides is 2. The molecule has 3 rings (SSSR count). The Bertz CT molecular complexity index is 1170. The predicted molar refractivity (Wildman–Crippen MR) is 138 cm³/mol. The molecule has 2 fully saturated rings. The van der Waals surface area contributed by atoms with E-state index in [2.05, 4.69) is 32.8 Å². The van der Waals surface area contributed by atoms with Crippen molar-refractivity contribution in [2.75, 3.05) is 19.6 Å². The van der Waals surface area contributed by atoms with Crippen molar-refractivity contribution in [3.63, 3.8) is 0 Å². The van der Waals surface area contributed by atoms with Crippen LogP contribution >= 0.6 is 38.5 Å². The molecule has 12 heteroatoms. The van der Waals surface area contributed by atoms with Gasteiger partial charge in [0.05, 0.1) is 11.7 Å². The molecule has 1 saturated heterocycles. The molecule has 7 nitrogen and oxygen atoms in total. The van der Waals surface area contributed by atoms with E-state index >= 15 is 0 Å². The lowest BCUT2D eigenvalue weighted by molar-refractivity contribution is -0.136. The van der Waals surface area contributed by atoms with Crippen molar-refractivity contribution in [1.82, 2.24) is 20.5 Å². The molecule has 1 saturated carbocycles. The second-order valence-corrected chi connectivity index (χ2v) is 11.1. The van der Waals surface area contributed by atoms with Crippen LogP contribution in [0.4, 0.5) is 13.2 Å². The summed E-state index contributed by atoms with van der Waals surface area (Å²) in [4.78, 5) is 41.8. The Hall–Kier alpha value is -2.09. The summed E-state index contributed by atoms with van der Waals surface area (Å²) in [7, 11) is 0. The van der Waals surface area contributed by atoms with Crippen LogP contribution in [0.5, 0.6) is 0 Å². The van der Waals surface area contributed by atoms with Crippen molar-refractivity contribution < 1.29 is 22.8 Å². The zero-order chi connectivity index (χ0) is 26.1. The van der Waals surface area contributed by atoms with Crippen molar-refractivity contribution in [1.29, 1.82) is 0 Å². The van der Waals surface area contributed by atoms with E-state index in [4.69, 9.17) is 0 Å². The maximum absolute atomic E-state index is 13.1. The summed E-state index contributed by atoms with van der Waals surface area (Å²) in [5.41, 5.74) is 0.784. The molecule has 35 heavy (non-hydrogen) atoms. The topological polar surface area (TPSA) is 94.3 Å². The van der Waals surface area contributed by atoms with Crippen LogP contribution in [0.2, 0.25) is 0 Å². The number of aryl methyl sites for hydroxylation is 1. The lowest BCUT2D eigenvalue weighted by Gasteiger charge is -2.24. The maximum atomic E-state index is 13.1. The third-order valence-electron chi connectivity index (χ3n) is 6.06. The van der Waals surface area contributed by atoms with Gasteiger partial charge in [0.1, 0.15) is 6.54 Å². The Balaban J connectivity index is 1.87. The quantitative estimate of drug-likeness (QED) is 0.232. The summed E-state index contributed by atoms with van der Waals surface area (Å²) in [5, 5.41) is 5.26. The molecule has 1 spiro atoms. The zero-order valence-electron chi connectivity index (χ0n) is 19.1. The summed E-state index contributed by atoms with van der Waals surface area (Å²) in [6.07, 6.45) is -1.15. The molecule has 0 bridgehead atoms. The van der Waals surface area contributed by atoms with Gasteiger partial charge in [-0.2, -0.15) is 13.2 Å². The number of aromatic nitrogens is 1. The van der Waals surface area contributed by atoms with Gasteiger partial charge in [0.15, 0.2) is 0 Å². The van der Waals surface area contributed by atoms with Crippen LogP contribution in [0, 0.1) is 12.3 Å². The number of alkyl halides is 3. The maximum Gasteiger partial charge on any atom is 0.405 e. The van der Waals surface area contributed by atoms with E-state index in [-0.39, 0.29) is 28.5 Å². The van der Waals surface area contributed by atoms with E-state index in [1.807, 2.05) is 27.9 Å². The van der Waals surface area contributed by atoms with Crippen molar-refractivity contribution in [3.8, 4) is 0 Å². The molecule has 1 aromatic heterocycles. The van der Waals surface area contributed by atoms with Gasteiger partial charge in [0.2, 0.25) is 11.5 Å². The number of carbonyl (C=O) groups excluding carboxylic acids is 2. The number of nitrogens with zero attached hydrogens (tertiary/aromatic N) is 1. The van der Waals surface area contributed by atoms with E-state index < -0.39 is 18.6 Å². The minimum absolute atomic E-state index is 0.0921. The van der Waals surface area contributed by atoms with E-state index in [0.717, 1.165) is 12.8 Å². The van der Waals surface area contributed by atoms with E-state index in [1.54, 1.807) is 24.0 Å². The first kappa shape index (κ1) is 27.5. The predicted octanol–water partition coefficient (Wildman–Crippen LogP) is 4.06. The summed E-state index contributed by atoms with van der Waals surface area (Å²) < 4.78 is 39.0. The highest BCUT2D eigenvalue weighted by atomic mass is 127. The highest BCUT2D eigenvalue weighted by Crippen LogP contribution is 2.53. The van der Waals surface area contributed by atoms with Crippen molar-refractivity contribution in [2.24, 2.45) is 5.41 Å². The summed E-state index contributed by atoms with van der Waals surface area (Å²) in [6.45, 7) is 6.28. The number of H-pyrrole nitrogens is 1. The largest absolute Gasteiger partial charge is 0.405 e. The van der Waals surface area contributed by atoms with Crippen LogP contribution < -0.4 is 16.2 Å². The van der Waals surface area contributed by atoms with E-state index in [1.165, 1.54) is 13.0 Å². The molecule has 3 N–H and O–H groups in total. The molecule has 0 unspecified atom stereocenters. The molecule has 1 aliphatic carbocycles. The second kappa shape index (κ2) is 10.5. The van der Waals surface area contributed by atoms with Crippen LogP contribution in [-0.2, 0) is 4.79 Å². The van der Waals surface area contributed by atoms with Gasteiger partial charge in [0, 0.05) is 49.5 Å². The number of hydrogen-bond acceptors (Lipinski definition) is 4. The van der Waals surface area contributed by atoms with E-state index in [9.17, 15) is 27.6 Å². The molecule has 1 aliphatic heterocycles. The number of hydrogen-bond donors (Lipinski definition) is 3.